The molecule has 2 fully saturated rings. The first-order chi connectivity index (χ1) is 8.66. The van der Waals surface area contributed by atoms with Crippen LogP contribution in [0.1, 0.15) is 34.6 Å². The van der Waals surface area contributed by atoms with Crippen LogP contribution in [0.15, 0.2) is 5.51 Å². The summed E-state index contributed by atoms with van der Waals surface area (Å²) in [6.07, 6.45) is 3.55. The van der Waals surface area contributed by atoms with Crippen LogP contribution in [0, 0.1) is 18.8 Å². The second-order valence-corrected chi connectivity index (χ2v) is 6.35. The van der Waals surface area contributed by atoms with Gasteiger partial charge < -0.3 is 10.6 Å². The number of carbonyl (C=O) groups excluding carboxylic acids is 1. The maximum Gasteiger partial charge on any atom is 0.265 e. The zero-order valence-electron chi connectivity index (χ0n) is 10.6. The van der Waals surface area contributed by atoms with Gasteiger partial charge in [-0.2, -0.15) is 0 Å². The Bertz CT molecular complexity index is 459. The van der Waals surface area contributed by atoms with Crippen molar-refractivity contribution in [2.24, 2.45) is 17.6 Å². The topological polar surface area (TPSA) is 59.2 Å². The summed E-state index contributed by atoms with van der Waals surface area (Å²) in [6.45, 7) is 3.62. The van der Waals surface area contributed by atoms with Gasteiger partial charge in [-0.25, -0.2) is 4.98 Å². The van der Waals surface area contributed by atoms with Gasteiger partial charge in [-0.1, -0.05) is 6.42 Å². The average molecular weight is 265 g/mol. The summed E-state index contributed by atoms with van der Waals surface area (Å²) < 4.78 is 0. The number of aryl methyl sites for hydroxylation is 1. The highest BCUT2D eigenvalue weighted by Crippen LogP contribution is 2.36. The Labute approximate surface area is 111 Å². The molecule has 2 N–H and O–H groups in total. The molecule has 3 unspecified atom stereocenters. The largest absolute Gasteiger partial charge is 0.337 e. The summed E-state index contributed by atoms with van der Waals surface area (Å²) in [5.41, 5.74) is 8.78. The first-order valence-corrected chi connectivity index (χ1v) is 7.49. The fourth-order valence-electron chi connectivity index (χ4n) is 3.33. The molecule has 4 nitrogen and oxygen atoms in total. The fraction of sp³-hybridized carbons (Fsp3) is 0.692. The number of hydrogen-bond donors (Lipinski definition) is 1. The Morgan fingerprint density at radius 2 is 2.33 bits per heavy atom. The number of aromatic nitrogens is 1. The molecule has 0 aromatic carbocycles. The predicted molar refractivity (Wildman–Crippen MR) is 71.6 cm³/mol. The summed E-state index contributed by atoms with van der Waals surface area (Å²) in [6, 6.07) is 0.282. The summed E-state index contributed by atoms with van der Waals surface area (Å²) in [4.78, 5) is 19.4. The van der Waals surface area contributed by atoms with Crippen LogP contribution in [-0.2, 0) is 0 Å². The second kappa shape index (κ2) is 4.63. The van der Waals surface area contributed by atoms with E-state index in [9.17, 15) is 4.79 Å². The van der Waals surface area contributed by atoms with Crippen LogP contribution >= 0.6 is 11.3 Å². The lowest BCUT2D eigenvalue weighted by Crippen LogP contribution is -2.38. The van der Waals surface area contributed by atoms with Gasteiger partial charge in [0.1, 0.15) is 4.88 Å². The molecule has 1 amide bonds. The highest BCUT2D eigenvalue weighted by atomic mass is 32.1. The molecule has 5 heteroatoms. The molecule has 1 aromatic heterocycles. The molecule has 3 rings (SSSR count). The van der Waals surface area contributed by atoms with Crippen LogP contribution in [0.5, 0.6) is 0 Å². The molecular formula is C13H19N3OS. The number of rotatable bonds is 1. The molecular weight excluding hydrogens is 246 g/mol. The van der Waals surface area contributed by atoms with Crippen LogP contribution in [0.25, 0.3) is 0 Å². The second-order valence-electron chi connectivity index (χ2n) is 5.50. The number of thiazole rings is 1. The third kappa shape index (κ3) is 1.95. The summed E-state index contributed by atoms with van der Waals surface area (Å²) in [5.74, 6) is 1.28. The SMILES string of the molecule is Cc1ncsc1C(=O)N1CC2CCCC(N)C2C1. The number of hydrogen-bond acceptors (Lipinski definition) is 4. The highest BCUT2D eigenvalue weighted by molar-refractivity contribution is 7.11. The number of nitrogens with two attached hydrogens (primary N) is 1. The van der Waals surface area contributed by atoms with E-state index in [4.69, 9.17) is 5.73 Å². The monoisotopic (exact) mass is 265 g/mol. The summed E-state index contributed by atoms with van der Waals surface area (Å²) in [7, 11) is 0. The van der Waals surface area contributed by atoms with E-state index in [1.165, 1.54) is 24.2 Å². The number of amides is 1. The van der Waals surface area contributed by atoms with E-state index in [0.717, 1.165) is 30.1 Å². The van der Waals surface area contributed by atoms with Crippen LogP contribution in [0.4, 0.5) is 0 Å². The smallest absolute Gasteiger partial charge is 0.265 e. The van der Waals surface area contributed by atoms with Gasteiger partial charge in [-0.3, -0.25) is 4.79 Å². The van der Waals surface area contributed by atoms with Gasteiger partial charge in [-0.05, 0) is 31.6 Å². The molecule has 2 aliphatic rings. The molecule has 1 saturated carbocycles. The Hall–Kier alpha value is -0.940. The van der Waals surface area contributed by atoms with E-state index in [2.05, 4.69) is 4.98 Å². The minimum absolute atomic E-state index is 0.150. The van der Waals surface area contributed by atoms with Gasteiger partial charge in [0.05, 0.1) is 11.2 Å². The van der Waals surface area contributed by atoms with E-state index < -0.39 is 0 Å². The van der Waals surface area contributed by atoms with Crippen LogP contribution in [-0.4, -0.2) is 34.9 Å². The average Bonchev–Trinajstić information content (AvgIpc) is 2.95. The molecule has 0 radical (unpaired) electrons. The van der Waals surface area contributed by atoms with Gasteiger partial charge in [0, 0.05) is 19.1 Å². The van der Waals surface area contributed by atoms with E-state index in [1.807, 2.05) is 11.8 Å². The maximum atomic E-state index is 12.4. The third-order valence-electron chi connectivity index (χ3n) is 4.38. The van der Waals surface area contributed by atoms with Crippen molar-refractivity contribution in [3.05, 3.63) is 16.1 Å². The molecule has 18 heavy (non-hydrogen) atoms. The van der Waals surface area contributed by atoms with Gasteiger partial charge >= 0.3 is 0 Å². The van der Waals surface area contributed by atoms with E-state index in [0.29, 0.717) is 11.8 Å². The Morgan fingerprint density at radius 3 is 3.00 bits per heavy atom. The molecule has 2 heterocycles. The lowest BCUT2D eigenvalue weighted by Gasteiger charge is -2.29. The Kier molecular flexibility index (Phi) is 3.11. The van der Waals surface area contributed by atoms with Crippen molar-refractivity contribution in [3.63, 3.8) is 0 Å². The van der Waals surface area contributed by atoms with Gasteiger partial charge in [0.2, 0.25) is 0 Å². The molecule has 1 aromatic rings. The number of fused-ring (bicyclic) bond motifs is 1. The normalized spacial score (nSPS) is 31.4. The minimum Gasteiger partial charge on any atom is -0.337 e. The van der Waals surface area contributed by atoms with Crippen molar-refractivity contribution in [2.75, 3.05) is 13.1 Å². The first-order valence-electron chi connectivity index (χ1n) is 6.61. The van der Waals surface area contributed by atoms with Crippen molar-refractivity contribution < 1.29 is 4.79 Å². The maximum absolute atomic E-state index is 12.4. The van der Waals surface area contributed by atoms with E-state index >= 15 is 0 Å². The predicted octanol–water partition coefficient (Wildman–Crippen LogP) is 1.65. The fourth-order valence-corrected chi connectivity index (χ4v) is 4.10. The van der Waals surface area contributed by atoms with Gasteiger partial charge in [-0.15, -0.1) is 11.3 Å². The van der Waals surface area contributed by atoms with Gasteiger partial charge in [0.25, 0.3) is 5.91 Å². The molecule has 1 aliphatic carbocycles. The number of nitrogens with zero attached hydrogens (tertiary/aromatic N) is 2. The van der Waals surface area contributed by atoms with Crippen molar-refractivity contribution >= 4 is 17.2 Å². The molecule has 1 aliphatic heterocycles. The molecule has 98 valence electrons. The Balaban J connectivity index is 1.75. The highest BCUT2D eigenvalue weighted by Gasteiger charge is 2.40. The lowest BCUT2D eigenvalue weighted by atomic mass is 9.78. The number of carbonyl (C=O) groups is 1. The quantitative estimate of drug-likeness (QED) is 0.840. The molecule has 0 bridgehead atoms. The third-order valence-corrected chi connectivity index (χ3v) is 5.30. The molecule has 0 spiro atoms. The van der Waals surface area contributed by atoms with Crippen LogP contribution < -0.4 is 5.73 Å². The molecule has 3 atom stereocenters. The number of likely N-dealkylation sites (tertiary alicyclic amines) is 1. The summed E-state index contributed by atoms with van der Waals surface area (Å²) in [5, 5.41) is 0. The lowest BCUT2D eigenvalue weighted by molar-refractivity contribution is 0.0787. The molecule has 1 saturated heterocycles. The van der Waals surface area contributed by atoms with Gasteiger partial charge in [0.15, 0.2) is 0 Å². The minimum atomic E-state index is 0.150. The van der Waals surface area contributed by atoms with Crippen molar-refractivity contribution in [2.45, 2.75) is 32.2 Å². The zero-order valence-corrected chi connectivity index (χ0v) is 11.4. The van der Waals surface area contributed by atoms with Crippen LogP contribution in [0.3, 0.4) is 0 Å². The first kappa shape index (κ1) is 12.1. The standard InChI is InChI=1S/C13H19N3OS/c1-8-12(18-7-15-8)13(17)16-5-9-3-2-4-11(14)10(9)6-16/h7,9-11H,2-6,14H2,1H3. The van der Waals surface area contributed by atoms with Crippen molar-refractivity contribution in [1.29, 1.82) is 0 Å². The van der Waals surface area contributed by atoms with Crippen molar-refractivity contribution in [3.8, 4) is 0 Å². The van der Waals surface area contributed by atoms with E-state index in [1.54, 1.807) is 5.51 Å². The zero-order chi connectivity index (χ0) is 12.7. The van der Waals surface area contributed by atoms with Crippen LogP contribution in [0.2, 0.25) is 0 Å². The Morgan fingerprint density at radius 1 is 1.50 bits per heavy atom. The van der Waals surface area contributed by atoms with Crippen molar-refractivity contribution in [1.82, 2.24) is 9.88 Å². The van der Waals surface area contributed by atoms with E-state index in [-0.39, 0.29) is 11.9 Å². The summed E-state index contributed by atoms with van der Waals surface area (Å²) >= 11 is 1.45.